The van der Waals surface area contributed by atoms with Crippen LogP contribution in [0.2, 0.25) is 0 Å². The van der Waals surface area contributed by atoms with Gasteiger partial charge in [0.1, 0.15) is 0 Å². The van der Waals surface area contributed by atoms with Gasteiger partial charge in [0.2, 0.25) is 0 Å². The van der Waals surface area contributed by atoms with Gasteiger partial charge in [-0.05, 0) is 18.6 Å². The number of hydrazine groups is 1. The Morgan fingerprint density at radius 2 is 1.82 bits per heavy atom. The van der Waals surface area contributed by atoms with E-state index in [1.54, 1.807) is 0 Å². The maximum Gasteiger partial charge on any atom is 0.152 e. The van der Waals surface area contributed by atoms with Gasteiger partial charge in [-0.3, -0.25) is 0 Å². The Kier molecular flexibility index (Phi) is 5.96. The van der Waals surface area contributed by atoms with Gasteiger partial charge in [-0.15, -0.1) is 0 Å². The van der Waals surface area contributed by atoms with E-state index in [9.17, 15) is 8.42 Å². The summed E-state index contributed by atoms with van der Waals surface area (Å²) in [6, 6.07) is 9.57. The number of anilines is 1. The molecule has 0 aliphatic rings. The van der Waals surface area contributed by atoms with Crippen LogP contribution in [-0.4, -0.2) is 38.2 Å². The molecule has 0 saturated heterocycles. The third kappa shape index (κ3) is 6.25. The van der Waals surface area contributed by atoms with E-state index < -0.39 is 9.84 Å². The second kappa shape index (κ2) is 7.26. The molecule has 0 atom stereocenters. The Bertz CT molecular complexity index is 406. The molecule has 17 heavy (non-hydrogen) atoms. The van der Waals surface area contributed by atoms with Crippen LogP contribution in [0.15, 0.2) is 30.3 Å². The molecule has 1 aromatic rings. The molecule has 0 fully saturated rings. The fourth-order valence-corrected chi connectivity index (χ4v) is 2.37. The molecule has 0 bridgehead atoms. The van der Waals surface area contributed by atoms with Gasteiger partial charge in [0.25, 0.3) is 0 Å². The number of rotatable bonds is 8. The number of aliphatic hydroxyl groups excluding tert-OH is 1. The van der Waals surface area contributed by atoms with Gasteiger partial charge < -0.3 is 10.5 Å². The summed E-state index contributed by atoms with van der Waals surface area (Å²) in [6.07, 6.45) is 0.516. The van der Waals surface area contributed by atoms with Crippen LogP contribution in [-0.2, 0) is 9.84 Å². The summed E-state index contributed by atoms with van der Waals surface area (Å²) < 4.78 is 22.5. The largest absolute Gasteiger partial charge is 0.395 e. The number of hydrogen-bond acceptors (Lipinski definition) is 5. The summed E-state index contributed by atoms with van der Waals surface area (Å²) in [4.78, 5) is 0. The molecule has 0 spiro atoms. The van der Waals surface area contributed by atoms with Crippen LogP contribution >= 0.6 is 0 Å². The molecule has 0 radical (unpaired) electrons. The molecule has 1 aromatic carbocycles. The van der Waals surface area contributed by atoms with Gasteiger partial charge in [-0.25, -0.2) is 13.8 Å². The monoisotopic (exact) mass is 258 g/mol. The second-order valence-corrected chi connectivity index (χ2v) is 5.95. The standard InChI is InChI=1S/C11H18N2O3S/c14-8-10-17(15,16)9-4-7-12-13-11-5-2-1-3-6-11/h1-3,5-6,12-14H,4,7-10H2. The minimum absolute atomic E-state index is 0.0943. The molecule has 0 heterocycles. The molecule has 0 amide bonds. The first-order valence-electron chi connectivity index (χ1n) is 5.49. The van der Waals surface area contributed by atoms with Crippen LogP contribution in [0.1, 0.15) is 6.42 Å². The predicted octanol–water partition coefficient (Wildman–Crippen LogP) is 0.400. The highest BCUT2D eigenvalue weighted by Gasteiger charge is 2.08. The first-order valence-corrected chi connectivity index (χ1v) is 7.31. The van der Waals surface area contributed by atoms with Gasteiger partial charge in [0.15, 0.2) is 9.84 Å². The molecule has 6 heteroatoms. The Balaban J connectivity index is 2.13. The molecule has 96 valence electrons. The average Bonchev–Trinajstić information content (AvgIpc) is 2.30. The normalized spacial score (nSPS) is 11.4. The Hall–Kier alpha value is -1.11. The Morgan fingerprint density at radius 1 is 1.12 bits per heavy atom. The minimum Gasteiger partial charge on any atom is -0.395 e. The molecule has 0 aromatic heterocycles. The van der Waals surface area contributed by atoms with Gasteiger partial charge in [0.05, 0.1) is 18.1 Å². The van der Waals surface area contributed by atoms with Gasteiger partial charge in [-0.1, -0.05) is 18.2 Å². The van der Waals surface area contributed by atoms with Crippen molar-refractivity contribution in [2.75, 3.05) is 30.1 Å². The summed E-state index contributed by atoms with van der Waals surface area (Å²) in [7, 11) is -3.09. The highest BCUT2D eigenvalue weighted by Crippen LogP contribution is 2.02. The third-order valence-electron chi connectivity index (χ3n) is 2.17. The fourth-order valence-electron chi connectivity index (χ4n) is 1.31. The SMILES string of the molecule is O=S(=O)(CCO)CCCNNc1ccccc1. The highest BCUT2D eigenvalue weighted by molar-refractivity contribution is 7.91. The lowest BCUT2D eigenvalue weighted by Gasteiger charge is -2.08. The van der Waals surface area contributed by atoms with Crippen LogP contribution in [0.25, 0.3) is 0 Å². The van der Waals surface area contributed by atoms with Crippen LogP contribution in [0, 0.1) is 0 Å². The van der Waals surface area contributed by atoms with Crippen molar-refractivity contribution in [3.8, 4) is 0 Å². The molecule has 0 unspecified atom stereocenters. The van der Waals surface area contributed by atoms with E-state index in [-0.39, 0.29) is 18.1 Å². The van der Waals surface area contributed by atoms with Gasteiger partial charge in [0, 0.05) is 12.2 Å². The maximum absolute atomic E-state index is 11.3. The van der Waals surface area contributed by atoms with E-state index in [4.69, 9.17) is 5.11 Å². The molecule has 1 rings (SSSR count). The van der Waals surface area contributed by atoms with Crippen molar-refractivity contribution in [2.45, 2.75) is 6.42 Å². The molecule has 0 aliphatic carbocycles. The minimum atomic E-state index is -3.09. The summed E-state index contributed by atoms with van der Waals surface area (Å²) >= 11 is 0. The van der Waals surface area contributed by atoms with E-state index in [0.717, 1.165) is 5.69 Å². The van der Waals surface area contributed by atoms with E-state index >= 15 is 0 Å². The Labute approximate surface area is 102 Å². The lowest BCUT2D eigenvalue weighted by molar-refractivity contribution is 0.319. The van der Waals surface area contributed by atoms with Crippen LogP contribution < -0.4 is 10.9 Å². The summed E-state index contributed by atoms with van der Waals surface area (Å²) in [5, 5.41) is 8.55. The molecule has 0 aliphatic heterocycles. The van der Waals surface area contributed by atoms with Gasteiger partial charge in [-0.2, -0.15) is 0 Å². The number of benzene rings is 1. The summed E-state index contributed by atoms with van der Waals surface area (Å²) in [5.41, 5.74) is 6.84. The van der Waals surface area contributed by atoms with Crippen LogP contribution in [0.5, 0.6) is 0 Å². The van der Waals surface area contributed by atoms with Crippen molar-refractivity contribution in [3.05, 3.63) is 30.3 Å². The molecule has 3 N–H and O–H groups in total. The first-order chi connectivity index (χ1) is 8.14. The zero-order valence-electron chi connectivity index (χ0n) is 9.59. The van der Waals surface area contributed by atoms with Crippen molar-refractivity contribution in [3.63, 3.8) is 0 Å². The predicted molar refractivity (Wildman–Crippen MR) is 68.4 cm³/mol. The number of sulfone groups is 1. The van der Waals surface area contributed by atoms with E-state index in [2.05, 4.69) is 10.9 Å². The van der Waals surface area contributed by atoms with Crippen LogP contribution in [0.3, 0.4) is 0 Å². The quantitative estimate of drug-likeness (QED) is 0.465. The lowest BCUT2D eigenvalue weighted by Crippen LogP contribution is -2.25. The van der Waals surface area contributed by atoms with Crippen molar-refractivity contribution in [1.29, 1.82) is 0 Å². The van der Waals surface area contributed by atoms with Crippen molar-refractivity contribution in [2.24, 2.45) is 0 Å². The topological polar surface area (TPSA) is 78.4 Å². The van der Waals surface area contributed by atoms with Crippen molar-refractivity contribution >= 4 is 15.5 Å². The van der Waals surface area contributed by atoms with E-state index in [0.29, 0.717) is 13.0 Å². The second-order valence-electron chi connectivity index (χ2n) is 3.65. The highest BCUT2D eigenvalue weighted by atomic mass is 32.2. The number of hydrogen-bond donors (Lipinski definition) is 3. The summed E-state index contributed by atoms with van der Waals surface area (Å²) in [6.45, 7) is 0.248. The van der Waals surface area contributed by atoms with E-state index in [1.807, 2.05) is 30.3 Å². The first kappa shape index (κ1) is 14.0. The Morgan fingerprint density at radius 3 is 2.47 bits per heavy atom. The summed E-state index contributed by atoms with van der Waals surface area (Å²) in [5.74, 6) is -0.0594. The van der Waals surface area contributed by atoms with Crippen molar-refractivity contribution in [1.82, 2.24) is 5.43 Å². The molecular formula is C11H18N2O3S. The van der Waals surface area contributed by atoms with E-state index in [1.165, 1.54) is 0 Å². The zero-order chi connectivity index (χ0) is 12.6. The number of para-hydroxylation sites is 1. The fraction of sp³-hybridized carbons (Fsp3) is 0.455. The maximum atomic E-state index is 11.3. The van der Waals surface area contributed by atoms with Gasteiger partial charge >= 0.3 is 0 Å². The third-order valence-corrected chi connectivity index (χ3v) is 3.88. The average molecular weight is 258 g/mol. The lowest BCUT2D eigenvalue weighted by atomic mass is 10.3. The molecular weight excluding hydrogens is 240 g/mol. The smallest absolute Gasteiger partial charge is 0.152 e. The van der Waals surface area contributed by atoms with Crippen LogP contribution in [0.4, 0.5) is 5.69 Å². The number of aliphatic hydroxyl groups is 1. The van der Waals surface area contributed by atoms with Crippen molar-refractivity contribution < 1.29 is 13.5 Å². The molecule has 5 nitrogen and oxygen atoms in total. The zero-order valence-corrected chi connectivity index (χ0v) is 10.4. The number of nitrogens with one attached hydrogen (secondary N) is 2. The molecule has 0 saturated carbocycles.